The van der Waals surface area contributed by atoms with Gasteiger partial charge in [-0.15, -0.1) is 5.10 Å². The molecule has 1 aliphatic rings. The number of nitrogens with zero attached hydrogens (tertiary/aromatic N) is 7. The van der Waals surface area contributed by atoms with Crippen LogP contribution >= 0.6 is 0 Å². The van der Waals surface area contributed by atoms with Crippen LogP contribution in [-0.2, 0) is 23.9 Å². The molecular formula is C18H18F3N7O. The molecule has 4 rings (SSSR count). The fourth-order valence-electron chi connectivity index (χ4n) is 3.13. The van der Waals surface area contributed by atoms with Gasteiger partial charge < -0.3 is 4.90 Å². The van der Waals surface area contributed by atoms with Gasteiger partial charge in [-0.1, -0.05) is 17.3 Å². The van der Waals surface area contributed by atoms with Gasteiger partial charge in [0.05, 0.1) is 30.2 Å². The number of aromatic nitrogens is 6. The van der Waals surface area contributed by atoms with E-state index < -0.39 is 11.7 Å². The predicted molar refractivity (Wildman–Crippen MR) is 94.5 cm³/mol. The van der Waals surface area contributed by atoms with Gasteiger partial charge in [0.1, 0.15) is 12.2 Å². The van der Waals surface area contributed by atoms with Crippen molar-refractivity contribution < 1.29 is 18.0 Å². The molecule has 0 N–H and O–H groups in total. The van der Waals surface area contributed by atoms with E-state index in [9.17, 15) is 18.0 Å². The average Bonchev–Trinajstić information content (AvgIpc) is 3.31. The fraction of sp³-hybridized carbons (Fsp3) is 0.389. The maximum absolute atomic E-state index is 12.6. The maximum Gasteiger partial charge on any atom is 0.416 e. The summed E-state index contributed by atoms with van der Waals surface area (Å²) in [6, 6.07) is 4.99. The van der Waals surface area contributed by atoms with Crippen LogP contribution in [-0.4, -0.2) is 53.9 Å². The molecule has 3 heterocycles. The van der Waals surface area contributed by atoms with Crippen molar-refractivity contribution in [2.24, 2.45) is 0 Å². The van der Waals surface area contributed by atoms with Crippen LogP contribution in [0.15, 0.2) is 42.9 Å². The van der Waals surface area contributed by atoms with Crippen LogP contribution in [0, 0.1) is 0 Å². The Morgan fingerprint density at radius 1 is 1.10 bits per heavy atom. The minimum absolute atomic E-state index is 0.0257. The molecule has 8 nitrogen and oxygen atoms in total. The number of alkyl halides is 3. The number of hydrogen-bond acceptors (Lipinski definition) is 5. The topological polar surface area (TPSA) is 81.7 Å². The Morgan fingerprint density at radius 3 is 2.45 bits per heavy atom. The van der Waals surface area contributed by atoms with Crippen LogP contribution in [0.4, 0.5) is 13.2 Å². The van der Waals surface area contributed by atoms with E-state index >= 15 is 0 Å². The highest BCUT2D eigenvalue weighted by Gasteiger charge is 2.33. The number of carbonyl (C=O) groups excluding carboxylic acids is 1. The van der Waals surface area contributed by atoms with E-state index in [1.807, 2.05) is 6.20 Å². The van der Waals surface area contributed by atoms with Gasteiger partial charge in [0.25, 0.3) is 0 Å². The third-order valence-electron chi connectivity index (χ3n) is 4.83. The highest BCUT2D eigenvalue weighted by molar-refractivity contribution is 5.77. The minimum Gasteiger partial charge on any atom is -0.338 e. The van der Waals surface area contributed by atoms with Crippen molar-refractivity contribution in [1.29, 1.82) is 0 Å². The first-order valence-corrected chi connectivity index (χ1v) is 9.07. The monoisotopic (exact) mass is 405 g/mol. The minimum atomic E-state index is -4.35. The number of rotatable bonds is 6. The summed E-state index contributed by atoms with van der Waals surface area (Å²) in [4.78, 5) is 15.5. The molecule has 1 aliphatic heterocycles. The molecule has 1 fully saturated rings. The molecule has 0 saturated carbocycles. The maximum atomic E-state index is 12.6. The lowest BCUT2D eigenvalue weighted by molar-refractivity contribution is -0.138. The standard InChI is InChI=1S/C18H18F3N7O/c19-18(20,21)14-4-1-13(2-5-14)3-6-17(29)26-11-16(12-26)27-9-15(24-25-27)10-28-22-7-8-23-28/h1-2,4-5,7-9,16H,3,6,10-12H2. The van der Waals surface area contributed by atoms with Gasteiger partial charge in [-0.2, -0.15) is 28.2 Å². The third kappa shape index (κ3) is 4.44. The Labute approximate surface area is 163 Å². The van der Waals surface area contributed by atoms with Crippen molar-refractivity contribution >= 4 is 5.91 Å². The van der Waals surface area contributed by atoms with Gasteiger partial charge in [-0.05, 0) is 24.1 Å². The number of aryl methyl sites for hydroxylation is 1. The molecule has 11 heteroatoms. The first kappa shape index (κ1) is 19.1. The normalized spacial score (nSPS) is 14.8. The summed E-state index contributed by atoms with van der Waals surface area (Å²) in [5, 5.41) is 16.2. The van der Waals surface area contributed by atoms with Crippen LogP contribution in [0.3, 0.4) is 0 Å². The Hall–Kier alpha value is -3.24. The first-order valence-electron chi connectivity index (χ1n) is 9.07. The van der Waals surface area contributed by atoms with Crippen molar-refractivity contribution in [2.45, 2.75) is 31.6 Å². The summed E-state index contributed by atoms with van der Waals surface area (Å²) in [5.41, 5.74) is 0.749. The number of benzene rings is 1. The lowest BCUT2D eigenvalue weighted by Crippen LogP contribution is -2.51. The molecule has 3 aromatic rings. The van der Waals surface area contributed by atoms with E-state index in [2.05, 4.69) is 20.5 Å². The Balaban J connectivity index is 1.23. The van der Waals surface area contributed by atoms with Crippen molar-refractivity contribution in [3.05, 3.63) is 59.7 Å². The number of hydrogen-bond donors (Lipinski definition) is 0. The van der Waals surface area contributed by atoms with Gasteiger partial charge in [0, 0.05) is 19.5 Å². The van der Waals surface area contributed by atoms with Crippen LogP contribution in [0.5, 0.6) is 0 Å². The van der Waals surface area contributed by atoms with E-state index in [1.54, 1.807) is 22.0 Å². The number of carbonyl (C=O) groups is 1. The lowest BCUT2D eigenvalue weighted by Gasteiger charge is -2.39. The van der Waals surface area contributed by atoms with Crippen molar-refractivity contribution in [1.82, 2.24) is 34.9 Å². The quantitative estimate of drug-likeness (QED) is 0.626. The molecule has 0 bridgehead atoms. The first-order chi connectivity index (χ1) is 13.9. The summed E-state index contributed by atoms with van der Waals surface area (Å²) in [7, 11) is 0. The highest BCUT2D eigenvalue weighted by Crippen LogP contribution is 2.29. The number of likely N-dealkylation sites (tertiary alicyclic amines) is 1. The second-order valence-corrected chi connectivity index (χ2v) is 6.90. The summed E-state index contributed by atoms with van der Waals surface area (Å²) in [6.07, 6.45) is 1.30. The van der Waals surface area contributed by atoms with Crippen molar-refractivity contribution in [3.8, 4) is 0 Å². The molecule has 29 heavy (non-hydrogen) atoms. The average molecular weight is 405 g/mol. The molecular weight excluding hydrogens is 387 g/mol. The largest absolute Gasteiger partial charge is 0.416 e. The van der Waals surface area contributed by atoms with Crippen LogP contribution in [0.25, 0.3) is 0 Å². The summed E-state index contributed by atoms with van der Waals surface area (Å²) < 4.78 is 39.5. The Morgan fingerprint density at radius 2 is 1.79 bits per heavy atom. The zero-order valence-electron chi connectivity index (χ0n) is 15.3. The molecule has 0 radical (unpaired) electrons. The van der Waals surface area contributed by atoms with Gasteiger partial charge in [0.15, 0.2) is 0 Å². The van der Waals surface area contributed by atoms with E-state index in [0.717, 1.165) is 17.8 Å². The SMILES string of the molecule is O=C(CCc1ccc(C(F)(F)F)cc1)N1CC(n2cc(Cn3nccn3)nn2)C1. The third-order valence-corrected chi connectivity index (χ3v) is 4.83. The van der Waals surface area contributed by atoms with Gasteiger partial charge >= 0.3 is 6.18 Å². The smallest absolute Gasteiger partial charge is 0.338 e. The second-order valence-electron chi connectivity index (χ2n) is 6.90. The molecule has 152 valence electrons. The molecule has 0 aliphatic carbocycles. The Kier molecular flexibility index (Phi) is 5.03. The molecule has 1 aromatic carbocycles. The van der Waals surface area contributed by atoms with E-state index in [0.29, 0.717) is 31.6 Å². The summed E-state index contributed by atoms with van der Waals surface area (Å²) in [6.45, 7) is 1.50. The molecule has 0 atom stereocenters. The van der Waals surface area contributed by atoms with Crippen LogP contribution in [0.1, 0.15) is 29.3 Å². The Bertz CT molecular complexity index is 960. The zero-order valence-corrected chi connectivity index (χ0v) is 15.3. The van der Waals surface area contributed by atoms with Crippen LogP contribution in [0.2, 0.25) is 0 Å². The van der Waals surface area contributed by atoms with Crippen molar-refractivity contribution in [2.75, 3.05) is 13.1 Å². The summed E-state index contributed by atoms with van der Waals surface area (Å²) >= 11 is 0. The predicted octanol–water partition coefficient (Wildman–Crippen LogP) is 1.95. The van der Waals surface area contributed by atoms with Crippen LogP contribution < -0.4 is 0 Å². The van der Waals surface area contributed by atoms with Gasteiger partial charge in [-0.25, -0.2) is 4.68 Å². The molecule has 2 aromatic heterocycles. The fourth-order valence-corrected chi connectivity index (χ4v) is 3.13. The number of halogens is 3. The molecule has 1 saturated heterocycles. The van der Waals surface area contributed by atoms with E-state index in [4.69, 9.17) is 0 Å². The van der Waals surface area contributed by atoms with E-state index in [1.165, 1.54) is 16.9 Å². The van der Waals surface area contributed by atoms with Gasteiger partial charge in [0.2, 0.25) is 5.91 Å². The van der Waals surface area contributed by atoms with E-state index in [-0.39, 0.29) is 18.4 Å². The molecule has 1 amide bonds. The zero-order chi connectivity index (χ0) is 20.4. The van der Waals surface area contributed by atoms with Gasteiger partial charge in [-0.3, -0.25) is 4.79 Å². The molecule has 0 unspecified atom stereocenters. The highest BCUT2D eigenvalue weighted by atomic mass is 19.4. The van der Waals surface area contributed by atoms with Crippen molar-refractivity contribution in [3.63, 3.8) is 0 Å². The summed E-state index contributed by atoms with van der Waals surface area (Å²) in [5.74, 6) is -0.0257. The second kappa shape index (κ2) is 7.64. The number of amides is 1. The lowest BCUT2D eigenvalue weighted by atomic mass is 10.0. The molecule has 0 spiro atoms.